The van der Waals surface area contributed by atoms with Crippen LogP contribution in [0.3, 0.4) is 0 Å². The van der Waals surface area contributed by atoms with Crippen LogP contribution in [0, 0.1) is 5.92 Å². The Morgan fingerprint density at radius 1 is 1.40 bits per heavy atom. The molecular weight excluding hydrogens is 188 g/mol. The summed E-state index contributed by atoms with van der Waals surface area (Å²) in [5.74, 6) is 1.61. The maximum absolute atomic E-state index is 5.57. The summed E-state index contributed by atoms with van der Waals surface area (Å²) in [7, 11) is 0. The van der Waals surface area contributed by atoms with Gasteiger partial charge in [0.15, 0.2) is 5.65 Å². The highest BCUT2D eigenvalue weighted by molar-refractivity contribution is 5.41. The van der Waals surface area contributed by atoms with E-state index in [0.717, 1.165) is 23.5 Å². The van der Waals surface area contributed by atoms with E-state index in [-0.39, 0.29) is 0 Å². The Kier molecular flexibility index (Phi) is 2.68. The molecule has 0 bridgehead atoms. The molecule has 2 heterocycles. The van der Waals surface area contributed by atoms with Gasteiger partial charge in [0.1, 0.15) is 5.82 Å². The zero-order chi connectivity index (χ0) is 10.8. The molecule has 80 valence electrons. The van der Waals surface area contributed by atoms with Crippen LogP contribution in [0.5, 0.6) is 0 Å². The maximum Gasteiger partial charge on any atom is 0.161 e. The van der Waals surface area contributed by atoms with Gasteiger partial charge < -0.3 is 5.73 Å². The summed E-state index contributed by atoms with van der Waals surface area (Å²) in [6, 6.07) is 4.00. The van der Waals surface area contributed by atoms with Crippen LogP contribution in [0.4, 0.5) is 0 Å². The fourth-order valence-electron chi connectivity index (χ4n) is 1.61. The molecule has 0 radical (unpaired) electrons. The lowest BCUT2D eigenvalue weighted by Crippen LogP contribution is -2.01. The highest BCUT2D eigenvalue weighted by atomic mass is 15.2. The van der Waals surface area contributed by atoms with Crippen LogP contribution >= 0.6 is 0 Å². The molecule has 0 unspecified atom stereocenters. The van der Waals surface area contributed by atoms with Crippen LogP contribution in [-0.4, -0.2) is 14.6 Å². The molecule has 0 saturated heterocycles. The third-order valence-electron chi connectivity index (χ3n) is 2.37. The van der Waals surface area contributed by atoms with Crippen LogP contribution in [0.15, 0.2) is 18.3 Å². The molecule has 0 aliphatic carbocycles. The second-order valence-electron chi connectivity index (χ2n) is 4.18. The summed E-state index contributed by atoms with van der Waals surface area (Å²) < 4.78 is 2.03. The molecule has 0 fully saturated rings. The van der Waals surface area contributed by atoms with Gasteiger partial charge in [-0.05, 0) is 23.6 Å². The summed E-state index contributed by atoms with van der Waals surface area (Å²) in [5, 5.41) is 8.32. The smallest absolute Gasteiger partial charge is 0.161 e. The van der Waals surface area contributed by atoms with Crippen LogP contribution in [0.1, 0.15) is 25.2 Å². The molecule has 0 aliphatic heterocycles. The van der Waals surface area contributed by atoms with Crippen LogP contribution in [0.25, 0.3) is 5.65 Å². The Bertz CT molecular complexity index is 459. The minimum absolute atomic E-state index is 0.545. The number of rotatable bonds is 3. The van der Waals surface area contributed by atoms with Gasteiger partial charge in [-0.3, -0.25) is 4.40 Å². The zero-order valence-corrected chi connectivity index (χ0v) is 9.14. The second kappa shape index (κ2) is 3.98. The highest BCUT2D eigenvalue weighted by Gasteiger charge is 2.07. The number of nitrogens with two attached hydrogens (primary N) is 1. The van der Waals surface area contributed by atoms with Crippen molar-refractivity contribution in [2.24, 2.45) is 11.7 Å². The molecule has 0 spiro atoms. The maximum atomic E-state index is 5.57. The number of aromatic nitrogens is 3. The average molecular weight is 204 g/mol. The fraction of sp³-hybridized carbons (Fsp3) is 0.455. The monoisotopic (exact) mass is 204 g/mol. The third-order valence-corrected chi connectivity index (χ3v) is 2.37. The van der Waals surface area contributed by atoms with Crippen molar-refractivity contribution in [2.75, 3.05) is 0 Å². The predicted octanol–water partition coefficient (Wildman–Crippen LogP) is 1.39. The number of nitrogens with zero attached hydrogens (tertiary/aromatic N) is 3. The van der Waals surface area contributed by atoms with Gasteiger partial charge in [-0.2, -0.15) is 0 Å². The van der Waals surface area contributed by atoms with Gasteiger partial charge in [0.25, 0.3) is 0 Å². The molecule has 0 aromatic carbocycles. The van der Waals surface area contributed by atoms with Gasteiger partial charge in [-0.15, -0.1) is 10.2 Å². The molecule has 2 aromatic rings. The van der Waals surface area contributed by atoms with E-state index >= 15 is 0 Å². The summed E-state index contributed by atoms with van der Waals surface area (Å²) in [6.07, 6.45) is 2.94. The Morgan fingerprint density at radius 2 is 2.20 bits per heavy atom. The van der Waals surface area contributed by atoms with E-state index < -0.39 is 0 Å². The summed E-state index contributed by atoms with van der Waals surface area (Å²) in [6.45, 7) is 4.90. The molecule has 2 rings (SSSR count). The molecule has 0 saturated carbocycles. The van der Waals surface area contributed by atoms with Crippen molar-refractivity contribution in [1.29, 1.82) is 0 Å². The van der Waals surface area contributed by atoms with Gasteiger partial charge in [0.2, 0.25) is 0 Å². The van der Waals surface area contributed by atoms with Crippen molar-refractivity contribution < 1.29 is 0 Å². The Labute approximate surface area is 89.1 Å². The van der Waals surface area contributed by atoms with Crippen molar-refractivity contribution in [3.05, 3.63) is 29.7 Å². The van der Waals surface area contributed by atoms with Gasteiger partial charge in [0.05, 0.1) is 0 Å². The predicted molar refractivity (Wildman–Crippen MR) is 59.4 cm³/mol. The van der Waals surface area contributed by atoms with Crippen LogP contribution < -0.4 is 5.73 Å². The summed E-state index contributed by atoms with van der Waals surface area (Å²) in [4.78, 5) is 0. The number of fused-ring (bicyclic) bond motifs is 1. The molecule has 0 amide bonds. The first-order chi connectivity index (χ1) is 7.20. The van der Waals surface area contributed by atoms with Crippen molar-refractivity contribution in [3.8, 4) is 0 Å². The van der Waals surface area contributed by atoms with Crippen molar-refractivity contribution in [1.82, 2.24) is 14.6 Å². The topological polar surface area (TPSA) is 56.2 Å². The van der Waals surface area contributed by atoms with E-state index in [1.807, 2.05) is 22.7 Å². The molecule has 2 aromatic heterocycles. The standard InChI is InChI=1S/C11H16N4/c1-8(2)5-10-13-14-11-6-9(7-12)3-4-15(10)11/h3-4,6,8H,5,7,12H2,1-2H3. The van der Waals surface area contributed by atoms with Crippen molar-refractivity contribution >= 4 is 5.65 Å². The van der Waals surface area contributed by atoms with Crippen LogP contribution in [-0.2, 0) is 13.0 Å². The SMILES string of the molecule is CC(C)Cc1nnc2cc(CN)ccn12. The van der Waals surface area contributed by atoms with Gasteiger partial charge in [0, 0.05) is 19.2 Å². The lowest BCUT2D eigenvalue weighted by molar-refractivity contribution is 0.616. The first-order valence-corrected chi connectivity index (χ1v) is 5.23. The summed E-state index contributed by atoms with van der Waals surface area (Å²) in [5.41, 5.74) is 7.54. The molecule has 0 aliphatic rings. The number of pyridine rings is 1. The van der Waals surface area contributed by atoms with Gasteiger partial charge >= 0.3 is 0 Å². The molecule has 4 nitrogen and oxygen atoms in total. The van der Waals surface area contributed by atoms with E-state index in [4.69, 9.17) is 5.73 Å². The van der Waals surface area contributed by atoms with E-state index in [0.29, 0.717) is 12.5 Å². The quantitative estimate of drug-likeness (QED) is 0.822. The van der Waals surface area contributed by atoms with Crippen molar-refractivity contribution in [3.63, 3.8) is 0 Å². The number of hydrogen-bond acceptors (Lipinski definition) is 3. The number of hydrogen-bond donors (Lipinski definition) is 1. The molecule has 4 heteroatoms. The largest absolute Gasteiger partial charge is 0.326 e. The zero-order valence-electron chi connectivity index (χ0n) is 9.14. The first kappa shape index (κ1) is 10.1. The van der Waals surface area contributed by atoms with E-state index in [2.05, 4.69) is 24.0 Å². The lowest BCUT2D eigenvalue weighted by Gasteiger charge is -2.03. The normalized spacial score (nSPS) is 11.5. The Morgan fingerprint density at radius 3 is 2.87 bits per heavy atom. The molecule has 2 N–H and O–H groups in total. The third kappa shape index (κ3) is 1.99. The van der Waals surface area contributed by atoms with Crippen molar-refractivity contribution in [2.45, 2.75) is 26.8 Å². The Balaban J connectivity index is 2.43. The second-order valence-corrected chi connectivity index (χ2v) is 4.18. The van der Waals surface area contributed by atoms with E-state index in [9.17, 15) is 0 Å². The van der Waals surface area contributed by atoms with Gasteiger partial charge in [-0.25, -0.2) is 0 Å². The first-order valence-electron chi connectivity index (χ1n) is 5.23. The minimum atomic E-state index is 0.545. The van der Waals surface area contributed by atoms with E-state index in [1.54, 1.807) is 0 Å². The molecule has 15 heavy (non-hydrogen) atoms. The van der Waals surface area contributed by atoms with Crippen LogP contribution in [0.2, 0.25) is 0 Å². The van der Waals surface area contributed by atoms with E-state index in [1.165, 1.54) is 0 Å². The highest BCUT2D eigenvalue weighted by Crippen LogP contribution is 2.10. The molecular formula is C11H16N4. The van der Waals surface area contributed by atoms with Gasteiger partial charge in [-0.1, -0.05) is 13.8 Å². The summed E-state index contributed by atoms with van der Waals surface area (Å²) >= 11 is 0. The fourth-order valence-corrected chi connectivity index (χ4v) is 1.61. The minimum Gasteiger partial charge on any atom is -0.326 e. The average Bonchev–Trinajstić information content (AvgIpc) is 2.60. The lowest BCUT2D eigenvalue weighted by atomic mass is 10.1. The Hall–Kier alpha value is -1.42. The molecule has 0 atom stereocenters.